The first kappa shape index (κ1) is 30.8. The van der Waals surface area contributed by atoms with Crippen LogP contribution in [0.4, 0.5) is 4.39 Å². The summed E-state index contributed by atoms with van der Waals surface area (Å²) >= 11 is 3.59. The highest BCUT2D eigenvalue weighted by Gasteiger charge is 2.57. The molecule has 0 aromatic heterocycles. The molecule has 0 N–H and O–H groups in total. The summed E-state index contributed by atoms with van der Waals surface area (Å²) in [7, 11) is -2.91. The number of halogens is 2. The molecule has 0 radical (unpaired) electrons. The first-order valence-corrected chi connectivity index (χ1v) is 17.3. The molecule has 0 spiro atoms. The summed E-state index contributed by atoms with van der Waals surface area (Å²) < 4.78 is 47.3. The van der Waals surface area contributed by atoms with Crippen LogP contribution in [0.2, 0.25) is 5.04 Å². The Morgan fingerprint density at radius 2 is 1.36 bits per heavy atom. The van der Waals surface area contributed by atoms with Gasteiger partial charge in [-0.05, 0) is 33.6 Å². The minimum Gasteiger partial charge on any atom is -0.429 e. The third-order valence-corrected chi connectivity index (χ3v) is 13.9. The normalized spacial score (nSPS) is 23.3. The second kappa shape index (κ2) is 12.7. The number of esters is 1. The van der Waals surface area contributed by atoms with E-state index in [1.54, 1.807) is 6.07 Å². The van der Waals surface area contributed by atoms with E-state index < -0.39 is 51.0 Å². The van der Waals surface area contributed by atoms with E-state index in [0.29, 0.717) is 0 Å². The first-order chi connectivity index (χ1) is 21.2. The second-order valence-corrected chi connectivity index (χ2v) is 17.1. The molecule has 44 heavy (non-hydrogen) atoms. The van der Waals surface area contributed by atoms with Crippen LogP contribution in [-0.2, 0) is 23.4 Å². The minimum absolute atomic E-state index is 0.161. The van der Waals surface area contributed by atoms with Crippen LogP contribution in [0.5, 0.6) is 0 Å². The average molecular weight is 678 g/mol. The monoisotopic (exact) mass is 676 g/mol. The van der Waals surface area contributed by atoms with Gasteiger partial charge in [-0.1, -0.05) is 128 Å². The number of benzene rings is 4. The molecule has 0 unspecified atom stereocenters. The summed E-state index contributed by atoms with van der Waals surface area (Å²) in [5, 5.41) is 2.01. The van der Waals surface area contributed by atoms with Crippen molar-refractivity contribution in [1.82, 2.24) is 0 Å². The lowest BCUT2D eigenvalue weighted by molar-refractivity contribution is -0.191. The first-order valence-electron chi connectivity index (χ1n) is 14.6. The van der Waals surface area contributed by atoms with E-state index in [2.05, 4.69) is 61.0 Å². The van der Waals surface area contributed by atoms with Crippen LogP contribution < -0.4 is 10.4 Å². The summed E-state index contributed by atoms with van der Waals surface area (Å²) in [6, 6.07) is 34.0. The molecule has 228 valence electrons. The maximum Gasteiger partial charge on any atom is 0.343 e. The Balaban J connectivity index is 1.33. The Morgan fingerprint density at radius 1 is 0.795 bits per heavy atom. The Morgan fingerprint density at radius 3 is 1.98 bits per heavy atom. The largest absolute Gasteiger partial charge is 0.429 e. The van der Waals surface area contributed by atoms with Crippen molar-refractivity contribution >= 4 is 40.6 Å². The van der Waals surface area contributed by atoms with Gasteiger partial charge in [0.05, 0.1) is 12.2 Å². The number of fused-ring (bicyclic) bond motifs is 1. The van der Waals surface area contributed by atoms with Gasteiger partial charge in [-0.25, -0.2) is 9.18 Å². The smallest absolute Gasteiger partial charge is 0.343 e. The zero-order valence-corrected chi connectivity index (χ0v) is 27.3. The fraction of sp³-hybridized carbons (Fsp3) is 0.286. The van der Waals surface area contributed by atoms with Crippen molar-refractivity contribution < 1.29 is 32.6 Å². The molecule has 0 saturated carbocycles. The summed E-state index contributed by atoms with van der Waals surface area (Å²) in [5.41, 5.74) is 0.619. The average Bonchev–Trinajstić information content (AvgIpc) is 3.59. The molecule has 6 rings (SSSR count). The SMILES string of the molecule is CC(C)(C)[Si](OC[C@H]1O[C@H](OC(=O)c2ccccc2F)[C@@H]2O[C@H](c3ccccc3Br)O[C@@H]21)(c1ccccc1)c1ccccc1. The fourth-order valence-corrected chi connectivity index (χ4v) is 11.2. The molecule has 4 aromatic carbocycles. The molecule has 2 saturated heterocycles. The van der Waals surface area contributed by atoms with Crippen LogP contribution in [0.25, 0.3) is 0 Å². The van der Waals surface area contributed by atoms with Gasteiger partial charge < -0.3 is 23.4 Å². The van der Waals surface area contributed by atoms with E-state index in [9.17, 15) is 9.18 Å². The zero-order chi connectivity index (χ0) is 30.9. The third kappa shape index (κ3) is 5.80. The molecule has 4 aromatic rings. The summed E-state index contributed by atoms with van der Waals surface area (Å²) in [5.74, 6) is -1.51. The Labute approximate surface area is 266 Å². The molecule has 2 heterocycles. The highest BCUT2D eigenvalue weighted by molar-refractivity contribution is 9.10. The van der Waals surface area contributed by atoms with Crippen LogP contribution >= 0.6 is 15.9 Å². The quantitative estimate of drug-likeness (QED) is 0.156. The van der Waals surface area contributed by atoms with Crippen molar-refractivity contribution in [3.05, 3.63) is 131 Å². The molecule has 0 bridgehead atoms. The standard InChI is InChI=1S/C35H34BrFO6Si/c1-35(2,3)44(23-14-6-4-7-15-23,24-16-8-5-9-17-24)39-22-29-30-31(42-33(41-30)25-18-10-12-20-27(25)36)34(40-29)43-32(38)26-19-11-13-21-28(26)37/h4-21,29-31,33-34H,22H2,1-3H3/t29-,30-,31-,33-,34-/m1/s1. The van der Waals surface area contributed by atoms with E-state index in [4.69, 9.17) is 23.4 Å². The van der Waals surface area contributed by atoms with Gasteiger partial charge in [-0.2, -0.15) is 0 Å². The molecule has 2 aliphatic rings. The van der Waals surface area contributed by atoms with Gasteiger partial charge in [0, 0.05) is 10.0 Å². The third-order valence-electron chi connectivity index (χ3n) is 8.19. The lowest BCUT2D eigenvalue weighted by atomic mass is 10.1. The number of carbonyl (C=O) groups is 1. The number of hydrogen-bond acceptors (Lipinski definition) is 6. The van der Waals surface area contributed by atoms with Crippen LogP contribution in [-0.4, -0.2) is 45.5 Å². The molecule has 9 heteroatoms. The predicted molar refractivity (Wildman–Crippen MR) is 171 cm³/mol. The molecule has 0 amide bonds. The summed E-state index contributed by atoms with van der Waals surface area (Å²) in [6.07, 6.45) is -3.85. The molecule has 5 atom stereocenters. The molecule has 2 aliphatic heterocycles. The van der Waals surface area contributed by atoms with Gasteiger partial charge in [0.2, 0.25) is 6.29 Å². The summed E-state index contributed by atoms with van der Waals surface area (Å²) in [4.78, 5) is 13.1. The van der Waals surface area contributed by atoms with Gasteiger partial charge in [-0.3, -0.25) is 0 Å². The van der Waals surface area contributed by atoms with E-state index in [-0.39, 0.29) is 17.2 Å². The predicted octanol–water partition coefficient (Wildman–Crippen LogP) is 6.53. The van der Waals surface area contributed by atoms with Crippen molar-refractivity contribution in [2.75, 3.05) is 6.61 Å². The lowest BCUT2D eigenvalue weighted by Crippen LogP contribution is -2.67. The molecular formula is C35H34BrFO6Si. The van der Waals surface area contributed by atoms with Gasteiger partial charge in [0.15, 0.2) is 12.4 Å². The van der Waals surface area contributed by atoms with E-state index in [1.807, 2.05) is 60.7 Å². The number of rotatable bonds is 8. The Hall–Kier alpha value is -3.18. The van der Waals surface area contributed by atoms with Gasteiger partial charge in [0.25, 0.3) is 8.32 Å². The van der Waals surface area contributed by atoms with Crippen molar-refractivity contribution in [3.8, 4) is 0 Å². The van der Waals surface area contributed by atoms with Crippen LogP contribution in [0.1, 0.15) is 43.0 Å². The maximum atomic E-state index is 14.5. The lowest BCUT2D eigenvalue weighted by Gasteiger charge is -2.43. The topological polar surface area (TPSA) is 63.2 Å². The van der Waals surface area contributed by atoms with E-state index in [1.165, 1.54) is 18.2 Å². The fourth-order valence-electron chi connectivity index (χ4n) is 6.12. The van der Waals surface area contributed by atoms with Gasteiger partial charge >= 0.3 is 5.97 Å². The minimum atomic E-state index is -2.91. The van der Waals surface area contributed by atoms with Crippen LogP contribution in [0.3, 0.4) is 0 Å². The Kier molecular flexibility index (Phi) is 8.88. The van der Waals surface area contributed by atoms with Gasteiger partial charge in [-0.15, -0.1) is 0 Å². The maximum absolute atomic E-state index is 14.5. The highest BCUT2D eigenvalue weighted by Crippen LogP contribution is 2.44. The van der Waals surface area contributed by atoms with Crippen LogP contribution in [0, 0.1) is 5.82 Å². The van der Waals surface area contributed by atoms with Crippen molar-refractivity contribution in [3.63, 3.8) is 0 Å². The summed E-state index contributed by atoms with van der Waals surface area (Å²) in [6.45, 7) is 6.77. The molecule has 6 nitrogen and oxygen atoms in total. The van der Waals surface area contributed by atoms with Crippen molar-refractivity contribution in [1.29, 1.82) is 0 Å². The second-order valence-electron chi connectivity index (χ2n) is 12.0. The molecule has 0 aliphatic carbocycles. The number of carbonyl (C=O) groups excluding carboxylic acids is 1. The molecular weight excluding hydrogens is 643 g/mol. The van der Waals surface area contributed by atoms with E-state index in [0.717, 1.165) is 20.4 Å². The zero-order valence-electron chi connectivity index (χ0n) is 24.7. The van der Waals surface area contributed by atoms with Crippen molar-refractivity contribution in [2.45, 2.75) is 56.7 Å². The number of hydrogen-bond donors (Lipinski definition) is 0. The van der Waals surface area contributed by atoms with E-state index >= 15 is 0 Å². The Bertz CT molecular complexity index is 1560. The van der Waals surface area contributed by atoms with Crippen LogP contribution in [0.15, 0.2) is 114 Å². The highest BCUT2D eigenvalue weighted by atomic mass is 79.9. The van der Waals surface area contributed by atoms with Crippen molar-refractivity contribution in [2.24, 2.45) is 0 Å². The molecule has 2 fully saturated rings. The number of ether oxygens (including phenoxy) is 4. The van der Waals surface area contributed by atoms with Gasteiger partial charge in [0.1, 0.15) is 18.0 Å².